The summed E-state index contributed by atoms with van der Waals surface area (Å²) in [5.74, 6) is -1.93. The Hall–Kier alpha value is -0.860. The molecule has 0 unspecified atom stereocenters. The second-order valence-corrected chi connectivity index (χ2v) is 6.07. The summed E-state index contributed by atoms with van der Waals surface area (Å²) < 4.78 is 0. The smallest absolute Gasteiger partial charge is 0.372 e. The van der Waals surface area contributed by atoms with Crippen LogP contribution in [-0.4, -0.2) is 16.9 Å². The summed E-state index contributed by atoms with van der Waals surface area (Å²) in [5.41, 5.74) is 0. The van der Waals surface area contributed by atoms with E-state index in [1.165, 1.54) is 70.6 Å². The van der Waals surface area contributed by atoms with Crippen molar-refractivity contribution in [2.24, 2.45) is 0 Å². The van der Waals surface area contributed by atoms with Gasteiger partial charge in [-0.15, -0.1) is 0 Å². The number of carboxylic acid groups (broad SMARTS) is 1. The molecule has 0 aromatic carbocycles. The minimum atomic E-state index is -1.29. The van der Waals surface area contributed by atoms with E-state index in [1.54, 1.807) is 0 Å². The number of unbranched alkanes of at least 4 members (excludes halogenated alkanes) is 13. The number of carbonyl (C=O) groups excluding carboxylic acids is 1. The molecule has 0 aromatic rings. The van der Waals surface area contributed by atoms with Crippen molar-refractivity contribution in [3.05, 3.63) is 0 Å². The number of hydrogen-bond donors (Lipinski definition) is 1. The monoisotopic (exact) mass is 298 g/mol. The predicted octanol–water partition coefficient (Wildman–Crippen LogP) is 5.51. The Morgan fingerprint density at radius 1 is 0.619 bits per heavy atom. The molecule has 124 valence electrons. The third-order valence-corrected chi connectivity index (χ3v) is 4.00. The van der Waals surface area contributed by atoms with Crippen LogP contribution in [0.1, 0.15) is 103 Å². The molecule has 3 heteroatoms. The maximum Gasteiger partial charge on any atom is 0.372 e. The Bertz CT molecular complexity index is 261. The lowest BCUT2D eigenvalue weighted by Crippen LogP contribution is -2.11. The summed E-state index contributed by atoms with van der Waals surface area (Å²) in [6.07, 6.45) is 17.9. The molecule has 0 saturated heterocycles. The third-order valence-electron chi connectivity index (χ3n) is 4.00. The van der Waals surface area contributed by atoms with Gasteiger partial charge in [-0.3, -0.25) is 4.79 Å². The molecule has 0 heterocycles. The average molecular weight is 298 g/mol. The van der Waals surface area contributed by atoms with Gasteiger partial charge in [-0.25, -0.2) is 4.79 Å². The average Bonchev–Trinajstić information content (AvgIpc) is 2.47. The normalized spacial score (nSPS) is 10.7. The van der Waals surface area contributed by atoms with Gasteiger partial charge in [0.25, 0.3) is 0 Å². The highest BCUT2D eigenvalue weighted by Gasteiger charge is 2.09. The Kier molecular flexibility index (Phi) is 14.9. The van der Waals surface area contributed by atoms with Crippen LogP contribution in [0, 0.1) is 0 Å². The maximum atomic E-state index is 10.9. The van der Waals surface area contributed by atoms with E-state index in [-0.39, 0.29) is 6.42 Å². The standard InChI is InChI=1S/C18H34O3/c1-2-3-4-5-6-7-8-9-10-11-12-13-14-15-16-17(19)18(20)21/h2-16H2,1H3,(H,20,21). The van der Waals surface area contributed by atoms with Gasteiger partial charge in [-0.2, -0.15) is 0 Å². The molecule has 0 aromatic heterocycles. The highest BCUT2D eigenvalue weighted by Crippen LogP contribution is 2.13. The van der Waals surface area contributed by atoms with Crippen LogP contribution in [0.4, 0.5) is 0 Å². The van der Waals surface area contributed by atoms with Crippen LogP contribution in [0.5, 0.6) is 0 Å². The van der Waals surface area contributed by atoms with Crippen LogP contribution >= 0.6 is 0 Å². The fourth-order valence-corrected chi connectivity index (χ4v) is 2.59. The van der Waals surface area contributed by atoms with Crippen molar-refractivity contribution in [3.63, 3.8) is 0 Å². The zero-order valence-electron chi connectivity index (χ0n) is 13.9. The summed E-state index contributed by atoms with van der Waals surface area (Å²) >= 11 is 0. The van der Waals surface area contributed by atoms with Crippen molar-refractivity contribution in [2.75, 3.05) is 0 Å². The van der Waals surface area contributed by atoms with Crippen LogP contribution < -0.4 is 0 Å². The molecular weight excluding hydrogens is 264 g/mol. The fraction of sp³-hybridized carbons (Fsp3) is 0.889. The van der Waals surface area contributed by atoms with Crippen molar-refractivity contribution < 1.29 is 14.7 Å². The first-order valence-electron chi connectivity index (χ1n) is 8.94. The van der Waals surface area contributed by atoms with Gasteiger partial charge in [0.1, 0.15) is 0 Å². The van der Waals surface area contributed by atoms with Gasteiger partial charge >= 0.3 is 5.97 Å². The molecule has 0 fully saturated rings. The van der Waals surface area contributed by atoms with E-state index >= 15 is 0 Å². The lowest BCUT2D eigenvalue weighted by atomic mass is 10.0. The van der Waals surface area contributed by atoms with Gasteiger partial charge in [0.2, 0.25) is 5.78 Å². The Balaban J connectivity index is 3.06. The number of ketones is 1. The summed E-state index contributed by atoms with van der Waals surface area (Å²) in [7, 11) is 0. The molecule has 0 amide bonds. The molecule has 1 N–H and O–H groups in total. The summed E-state index contributed by atoms with van der Waals surface area (Å²) in [6.45, 7) is 2.25. The van der Waals surface area contributed by atoms with E-state index in [4.69, 9.17) is 5.11 Å². The van der Waals surface area contributed by atoms with Crippen LogP contribution in [0.2, 0.25) is 0 Å². The van der Waals surface area contributed by atoms with E-state index in [9.17, 15) is 9.59 Å². The first-order chi connectivity index (χ1) is 10.2. The first-order valence-corrected chi connectivity index (χ1v) is 8.94. The zero-order chi connectivity index (χ0) is 15.8. The van der Waals surface area contributed by atoms with Crippen LogP contribution in [0.15, 0.2) is 0 Å². The minimum absolute atomic E-state index is 0.202. The topological polar surface area (TPSA) is 54.4 Å². The molecule has 0 aliphatic rings. The van der Waals surface area contributed by atoms with Crippen molar-refractivity contribution in [3.8, 4) is 0 Å². The molecule has 0 rings (SSSR count). The van der Waals surface area contributed by atoms with Crippen molar-refractivity contribution >= 4 is 11.8 Å². The lowest BCUT2D eigenvalue weighted by molar-refractivity contribution is -0.149. The molecule has 0 bridgehead atoms. The maximum absolute atomic E-state index is 10.9. The van der Waals surface area contributed by atoms with Crippen molar-refractivity contribution in [1.82, 2.24) is 0 Å². The number of hydrogen-bond acceptors (Lipinski definition) is 2. The molecule has 0 aliphatic heterocycles. The van der Waals surface area contributed by atoms with Crippen LogP contribution in [-0.2, 0) is 9.59 Å². The molecule has 0 atom stereocenters. The Morgan fingerprint density at radius 2 is 0.952 bits per heavy atom. The Morgan fingerprint density at radius 3 is 1.29 bits per heavy atom. The van der Waals surface area contributed by atoms with E-state index in [0.717, 1.165) is 19.3 Å². The largest absolute Gasteiger partial charge is 0.476 e. The zero-order valence-corrected chi connectivity index (χ0v) is 13.9. The highest BCUT2D eigenvalue weighted by atomic mass is 16.4. The van der Waals surface area contributed by atoms with E-state index < -0.39 is 11.8 Å². The third kappa shape index (κ3) is 15.3. The summed E-state index contributed by atoms with van der Waals surface area (Å²) in [5, 5.41) is 8.44. The first kappa shape index (κ1) is 20.1. The number of Topliss-reactive ketones (excluding diaryl/α,β-unsaturated/α-hetero) is 1. The quantitative estimate of drug-likeness (QED) is 0.302. The Labute approximate surface area is 130 Å². The fourth-order valence-electron chi connectivity index (χ4n) is 2.59. The molecule has 3 nitrogen and oxygen atoms in total. The number of carboxylic acids is 1. The second kappa shape index (κ2) is 15.5. The molecule has 0 radical (unpaired) electrons. The predicted molar refractivity (Wildman–Crippen MR) is 87.6 cm³/mol. The van der Waals surface area contributed by atoms with E-state index in [2.05, 4.69) is 6.92 Å². The van der Waals surface area contributed by atoms with Crippen molar-refractivity contribution in [1.29, 1.82) is 0 Å². The summed E-state index contributed by atoms with van der Waals surface area (Å²) in [6, 6.07) is 0. The lowest BCUT2D eigenvalue weighted by Gasteiger charge is -2.03. The minimum Gasteiger partial charge on any atom is -0.476 e. The van der Waals surface area contributed by atoms with E-state index in [0.29, 0.717) is 0 Å². The van der Waals surface area contributed by atoms with Gasteiger partial charge in [0, 0.05) is 6.42 Å². The molecule has 0 saturated carbocycles. The number of aliphatic carboxylic acids is 1. The van der Waals surface area contributed by atoms with Gasteiger partial charge in [-0.1, -0.05) is 90.4 Å². The van der Waals surface area contributed by atoms with Crippen molar-refractivity contribution in [2.45, 2.75) is 103 Å². The molecular formula is C18H34O3. The molecule has 0 spiro atoms. The van der Waals surface area contributed by atoms with Gasteiger partial charge in [0.05, 0.1) is 0 Å². The highest BCUT2D eigenvalue weighted by molar-refractivity contribution is 6.32. The van der Waals surface area contributed by atoms with Gasteiger partial charge in [-0.05, 0) is 6.42 Å². The number of rotatable bonds is 16. The van der Waals surface area contributed by atoms with E-state index in [1.807, 2.05) is 0 Å². The second-order valence-electron chi connectivity index (χ2n) is 6.07. The molecule has 21 heavy (non-hydrogen) atoms. The van der Waals surface area contributed by atoms with Crippen LogP contribution in [0.3, 0.4) is 0 Å². The van der Waals surface area contributed by atoms with Gasteiger partial charge in [0.15, 0.2) is 0 Å². The van der Waals surface area contributed by atoms with Gasteiger partial charge < -0.3 is 5.11 Å². The molecule has 0 aliphatic carbocycles. The summed E-state index contributed by atoms with van der Waals surface area (Å²) in [4.78, 5) is 21.2. The number of carbonyl (C=O) groups is 2. The SMILES string of the molecule is CCCCCCCCCCCCCCCCC(=O)C(=O)O. The van der Waals surface area contributed by atoms with Crippen LogP contribution in [0.25, 0.3) is 0 Å².